The number of likely N-dealkylation sites (N-methyl/N-ethyl adjacent to an activating group) is 1. The zero-order valence-corrected chi connectivity index (χ0v) is 21.5. The molecule has 1 aromatic heterocycles. The molecule has 3 rings (SSSR count). The lowest BCUT2D eigenvalue weighted by Gasteiger charge is -2.19. The molecule has 0 bridgehead atoms. The maximum absolute atomic E-state index is 11.3. The van der Waals surface area contributed by atoms with Gasteiger partial charge in [0.1, 0.15) is 18.1 Å². The molecule has 37 heavy (non-hydrogen) atoms. The van der Waals surface area contributed by atoms with E-state index in [9.17, 15) is 15.0 Å². The molecule has 0 aliphatic heterocycles. The van der Waals surface area contributed by atoms with E-state index in [2.05, 4.69) is 25.6 Å². The second-order valence-electron chi connectivity index (χ2n) is 8.65. The average molecular weight is 511 g/mol. The molecule has 11 heteroatoms. The van der Waals surface area contributed by atoms with Gasteiger partial charge in [0.2, 0.25) is 17.8 Å². The second kappa shape index (κ2) is 13.3. The van der Waals surface area contributed by atoms with Crippen LogP contribution in [0.25, 0.3) is 0 Å². The Kier molecular flexibility index (Phi) is 9.84. The van der Waals surface area contributed by atoms with E-state index in [0.29, 0.717) is 49.8 Å². The zero-order chi connectivity index (χ0) is 26.8. The third-order valence-electron chi connectivity index (χ3n) is 5.19. The van der Waals surface area contributed by atoms with Crippen molar-refractivity contribution in [2.75, 3.05) is 42.3 Å². The van der Waals surface area contributed by atoms with Gasteiger partial charge in [0, 0.05) is 31.8 Å². The van der Waals surface area contributed by atoms with Gasteiger partial charge in [-0.1, -0.05) is 12.1 Å². The number of nitrogens with zero attached hydrogens (tertiary/aromatic N) is 4. The highest BCUT2D eigenvalue weighted by Gasteiger charge is 2.18. The van der Waals surface area contributed by atoms with Gasteiger partial charge >= 0.3 is 5.97 Å². The third kappa shape index (κ3) is 8.80. The van der Waals surface area contributed by atoms with Crippen molar-refractivity contribution < 1.29 is 24.5 Å². The average Bonchev–Trinajstić information content (AvgIpc) is 2.85. The van der Waals surface area contributed by atoms with E-state index in [1.807, 2.05) is 50.1 Å². The second-order valence-corrected chi connectivity index (χ2v) is 8.65. The highest BCUT2D eigenvalue weighted by Crippen LogP contribution is 2.20. The summed E-state index contributed by atoms with van der Waals surface area (Å²) in [4.78, 5) is 26.6. The number of rotatable bonds is 14. The van der Waals surface area contributed by atoms with Gasteiger partial charge in [-0.05, 0) is 62.7 Å². The van der Waals surface area contributed by atoms with Crippen molar-refractivity contribution in [3.8, 4) is 11.5 Å². The topological polar surface area (TPSA) is 142 Å². The van der Waals surface area contributed by atoms with E-state index < -0.39 is 12.1 Å². The van der Waals surface area contributed by atoms with Crippen LogP contribution in [0.4, 0.5) is 23.5 Å². The molecule has 1 atom stereocenters. The van der Waals surface area contributed by atoms with Crippen molar-refractivity contribution in [2.45, 2.75) is 39.3 Å². The molecular weight excluding hydrogens is 476 g/mol. The molecule has 1 unspecified atom stereocenters. The van der Waals surface area contributed by atoms with Crippen LogP contribution >= 0.6 is 0 Å². The smallest absolute Gasteiger partial charge is 0.333 e. The lowest BCUT2D eigenvalue weighted by atomic mass is 10.1. The van der Waals surface area contributed by atoms with Crippen molar-refractivity contribution in [3.05, 3.63) is 54.1 Å². The number of phenolic OH excluding ortho intramolecular Hbond substituents is 1. The Morgan fingerprint density at radius 1 is 1.03 bits per heavy atom. The predicted octanol–water partition coefficient (Wildman–Crippen LogP) is 3.69. The third-order valence-corrected chi connectivity index (χ3v) is 5.19. The maximum atomic E-state index is 11.3. The van der Waals surface area contributed by atoms with E-state index in [-0.39, 0.29) is 11.8 Å². The molecule has 4 N–H and O–H groups in total. The molecule has 198 valence electrons. The first-order valence-corrected chi connectivity index (χ1v) is 12.1. The minimum absolute atomic E-state index is 0.132. The number of aromatic hydroxyl groups is 1. The monoisotopic (exact) mass is 510 g/mol. The summed E-state index contributed by atoms with van der Waals surface area (Å²) in [6.07, 6.45) is -0.576. The Hall–Kier alpha value is -4.12. The lowest BCUT2D eigenvalue weighted by Crippen LogP contribution is -2.27. The van der Waals surface area contributed by atoms with E-state index in [0.717, 1.165) is 11.3 Å². The summed E-state index contributed by atoms with van der Waals surface area (Å²) in [6, 6.07) is 14.1. The number of hydrogen-bond acceptors (Lipinski definition) is 10. The molecule has 0 saturated carbocycles. The van der Waals surface area contributed by atoms with Crippen molar-refractivity contribution >= 4 is 29.5 Å². The highest BCUT2D eigenvalue weighted by molar-refractivity contribution is 5.72. The van der Waals surface area contributed by atoms with Gasteiger partial charge < -0.3 is 35.2 Å². The molecule has 0 radical (unpaired) electrons. The Morgan fingerprint density at radius 2 is 1.70 bits per heavy atom. The summed E-state index contributed by atoms with van der Waals surface area (Å²) in [6.45, 7) is 7.00. The molecule has 3 aromatic rings. The Morgan fingerprint density at radius 3 is 2.32 bits per heavy atom. The summed E-state index contributed by atoms with van der Waals surface area (Å²) < 4.78 is 11.1. The van der Waals surface area contributed by atoms with E-state index in [1.54, 1.807) is 31.2 Å². The number of aliphatic carboxylic acids is 1. The van der Waals surface area contributed by atoms with Gasteiger partial charge in [0.25, 0.3) is 0 Å². The number of carboxylic acids is 1. The van der Waals surface area contributed by atoms with E-state index in [1.165, 1.54) is 0 Å². The first-order valence-electron chi connectivity index (χ1n) is 12.1. The van der Waals surface area contributed by atoms with E-state index in [4.69, 9.17) is 9.47 Å². The summed E-state index contributed by atoms with van der Waals surface area (Å²) in [5.41, 5.74) is 1.59. The maximum Gasteiger partial charge on any atom is 0.333 e. The van der Waals surface area contributed by atoms with Crippen LogP contribution < -0.4 is 20.3 Å². The summed E-state index contributed by atoms with van der Waals surface area (Å²) >= 11 is 0. The molecule has 1 heterocycles. The summed E-state index contributed by atoms with van der Waals surface area (Å²) in [5.74, 6) is 1.15. The van der Waals surface area contributed by atoms with Gasteiger partial charge in [0.15, 0.2) is 6.10 Å². The Bertz CT molecular complexity index is 1140. The van der Waals surface area contributed by atoms with Crippen LogP contribution in [0.15, 0.2) is 48.5 Å². The number of carbonyl (C=O) groups is 1. The zero-order valence-electron chi connectivity index (χ0n) is 21.5. The number of phenols is 1. The first kappa shape index (κ1) is 27.5. The van der Waals surface area contributed by atoms with Crippen LogP contribution in [0, 0.1) is 0 Å². The lowest BCUT2D eigenvalue weighted by molar-refractivity contribution is -0.149. The Labute approximate surface area is 216 Å². The molecule has 2 aromatic carbocycles. The molecule has 0 amide bonds. The van der Waals surface area contributed by atoms with Gasteiger partial charge in [-0.2, -0.15) is 15.0 Å². The highest BCUT2D eigenvalue weighted by atomic mass is 16.5. The molecule has 0 aliphatic rings. The number of ether oxygens (including phenoxy) is 2. The quantitative estimate of drug-likeness (QED) is 0.236. The molecule has 0 aliphatic carbocycles. The minimum atomic E-state index is -0.975. The minimum Gasteiger partial charge on any atom is -0.508 e. The fourth-order valence-corrected chi connectivity index (χ4v) is 3.34. The van der Waals surface area contributed by atoms with Gasteiger partial charge in [0.05, 0.1) is 6.54 Å². The van der Waals surface area contributed by atoms with Crippen LogP contribution in [0.3, 0.4) is 0 Å². The fraction of sp³-hybridized carbons (Fsp3) is 0.385. The van der Waals surface area contributed by atoms with Crippen molar-refractivity contribution in [3.63, 3.8) is 0 Å². The molecule has 0 spiro atoms. The van der Waals surface area contributed by atoms with Crippen molar-refractivity contribution in [1.82, 2.24) is 15.0 Å². The Balaban J connectivity index is 1.61. The van der Waals surface area contributed by atoms with Crippen LogP contribution in [0.1, 0.15) is 26.3 Å². The van der Waals surface area contributed by atoms with Crippen LogP contribution in [-0.2, 0) is 16.0 Å². The van der Waals surface area contributed by atoms with Gasteiger partial charge in [-0.25, -0.2) is 4.79 Å². The van der Waals surface area contributed by atoms with Crippen LogP contribution in [-0.4, -0.2) is 70.1 Å². The summed E-state index contributed by atoms with van der Waals surface area (Å²) in [5, 5.41) is 25.1. The first-order chi connectivity index (χ1) is 17.7. The largest absolute Gasteiger partial charge is 0.508 e. The number of aromatic nitrogens is 3. The molecular formula is C26H34N6O5. The number of hydrogen-bond donors (Lipinski definition) is 4. The van der Waals surface area contributed by atoms with Crippen molar-refractivity contribution in [1.29, 1.82) is 0 Å². The number of carboxylic acid groups (broad SMARTS) is 1. The van der Waals surface area contributed by atoms with Crippen LogP contribution in [0.2, 0.25) is 0 Å². The molecule has 0 fully saturated rings. The van der Waals surface area contributed by atoms with Gasteiger partial charge in [-0.15, -0.1) is 0 Å². The normalized spacial score (nSPS) is 11.7. The number of benzene rings is 2. The predicted molar refractivity (Wildman–Crippen MR) is 142 cm³/mol. The van der Waals surface area contributed by atoms with Gasteiger partial charge in [-0.3, -0.25) is 0 Å². The van der Waals surface area contributed by atoms with E-state index >= 15 is 0 Å². The number of nitrogens with one attached hydrogen (secondary N) is 2. The van der Waals surface area contributed by atoms with Crippen LogP contribution in [0.5, 0.6) is 11.5 Å². The molecule has 11 nitrogen and oxygen atoms in total. The summed E-state index contributed by atoms with van der Waals surface area (Å²) in [7, 11) is 1.87. The number of anilines is 4. The molecule has 0 saturated heterocycles. The SMILES string of the molecule is CCOC(Cc1ccc(OCCN(C)c2nc(Nc3ccc(O)cc3)nc(NC(C)C)n2)cc1)C(=O)O. The standard InChI is InChI=1S/C26H34N6O5/c1-5-36-22(23(34)35)16-18-6-12-21(13-7-18)37-15-14-32(4)26-30-24(27-17(2)3)29-25(31-26)28-19-8-10-20(33)11-9-19/h6-13,17,22,33H,5,14-16H2,1-4H3,(H,34,35)(H2,27,28,29,30,31). The van der Waals surface area contributed by atoms with Crippen molar-refractivity contribution in [2.24, 2.45) is 0 Å². The fourth-order valence-electron chi connectivity index (χ4n) is 3.34.